The molecule has 33 heavy (non-hydrogen) atoms. The molecule has 5 nitrogen and oxygen atoms in total. The van der Waals surface area contributed by atoms with E-state index < -0.39 is 5.97 Å². The second kappa shape index (κ2) is 7.95. The van der Waals surface area contributed by atoms with Crippen LogP contribution < -0.4 is 0 Å². The van der Waals surface area contributed by atoms with E-state index in [0.717, 1.165) is 27.6 Å². The van der Waals surface area contributed by atoms with Gasteiger partial charge in [0.25, 0.3) is 0 Å². The van der Waals surface area contributed by atoms with Gasteiger partial charge in [-0.05, 0) is 41.7 Å². The van der Waals surface area contributed by atoms with E-state index in [0.29, 0.717) is 11.3 Å². The summed E-state index contributed by atoms with van der Waals surface area (Å²) >= 11 is 0. The predicted molar refractivity (Wildman–Crippen MR) is 129 cm³/mol. The average Bonchev–Trinajstić information content (AvgIpc) is 3.09. The van der Waals surface area contributed by atoms with E-state index in [1.54, 1.807) is 23.6 Å². The minimum Gasteiger partial charge on any atom is -0.494 e. The van der Waals surface area contributed by atoms with Crippen molar-refractivity contribution in [2.24, 2.45) is 0 Å². The fraction of sp³-hybridized carbons (Fsp3) is 0.0714. The van der Waals surface area contributed by atoms with Crippen LogP contribution in [0.1, 0.15) is 32.7 Å². The van der Waals surface area contributed by atoms with Crippen LogP contribution in [0.4, 0.5) is 0 Å². The van der Waals surface area contributed by atoms with E-state index in [1.165, 1.54) is 13.2 Å². The van der Waals surface area contributed by atoms with E-state index >= 15 is 0 Å². The number of fused-ring (bicyclic) bond motifs is 2. The molecular weight excluding hydrogens is 414 g/mol. The van der Waals surface area contributed by atoms with Gasteiger partial charge in [-0.25, -0.2) is 4.79 Å². The molecule has 1 aliphatic carbocycles. The Labute approximate surface area is 190 Å². The Morgan fingerprint density at radius 1 is 0.970 bits per heavy atom. The minimum atomic E-state index is -0.583. The molecule has 0 atom stereocenters. The van der Waals surface area contributed by atoms with Gasteiger partial charge in [-0.3, -0.25) is 9.36 Å². The van der Waals surface area contributed by atoms with Crippen molar-refractivity contribution in [2.45, 2.75) is 6.92 Å². The van der Waals surface area contributed by atoms with E-state index in [2.05, 4.69) is 0 Å². The molecule has 5 rings (SSSR count). The molecule has 3 aromatic carbocycles. The third-order valence-corrected chi connectivity index (χ3v) is 6.04. The topological polar surface area (TPSA) is 68.5 Å². The Kier molecular flexibility index (Phi) is 4.94. The molecule has 1 N–H and O–H groups in total. The summed E-state index contributed by atoms with van der Waals surface area (Å²) in [4.78, 5) is 25.6. The van der Waals surface area contributed by atoms with Crippen molar-refractivity contribution in [2.75, 3.05) is 7.11 Å². The Bertz CT molecular complexity index is 1500. The first-order chi connectivity index (χ1) is 16.0. The maximum Gasteiger partial charge on any atom is 0.340 e. The predicted octanol–water partition coefficient (Wildman–Crippen LogP) is 5.57. The lowest BCUT2D eigenvalue weighted by Gasteiger charge is -2.13. The van der Waals surface area contributed by atoms with Crippen LogP contribution in [0.5, 0.6) is 5.88 Å². The molecule has 0 unspecified atom stereocenters. The number of ketones is 1. The molecule has 162 valence electrons. The first-order valence-electron chi connectivity index (χ1n) is 10.6. The fourth-order valence-electron chi connectivity index (χ4n) is 4.46. The standard InChI is InChI=1S/C28H21NO4/c1-17-26(28(32)33-2)23(16-22-20-11-5-3-9-19(20)14-15-25(22)30)27(31)29(17)24-13-7-10-18-8-4-6-12-21(18)24/h3-16,31H,1-2H3/b22-16-. The summed E-state index contributed by atoms with van der Waals surface area (Å²) in [6.07, 6.45) is 4.85. The van der Waals surface area contributed by atoms with Crippen LogP contribution in [0.3, 0.4) is 0 Å². The lowest BCUT2D eigenvalue weighted by Crippen LogP contribution is -2.07. The molecule has 0 aliphatic heterocycles. The summed E-state index contributed by atoms with van der Waals surface area (Å²) in [5, 5.41) is 13.3. The first kappa shape index (κ1) is 20.5. The molecular formula is C28H21NO4. The van der Waals surface area contributed by atoms with Crippen molar-refractivity contribution in [3.05, 3.63) is 101 Å². The van der Waals surface area contributed by atoms with Crippen molar-refractivity contribution in [1.29, 1.82) is 0 Å². The third kappa shape index (κ3) is 3.26. The number of aromatic hydroxyl groups is 1. The lowest BCUT2D eigenvalue weighted by molar-refractivity contribution is -0.109. The van der Waals surface area contributed by atoms with Crippen LogP contribution in [0.15, 0.2) is 72.8 Å². The molecule has 1 aromatic heterocycles. The van der Waals surface area contributed by atoms with Crippen LogP contribution in [-0.2, 0) is 9.53 Å². The number of nitrogens with zero attached hydrogens (tertiary/aromatic N) is 1. The number of allylic oxidation sites excluding steroid dienone is 2. The largest absolute Gasteiger partial charge is 0.494 e. The molecule has 0 radical (unpaired) electrons. The minimum absolute atomic E-state index is 0.128. The highest BCUT2D eigenvalue weighted by Gasteiger charge is 2.28. The number of hydrogen-bond donors (Lipinski definition) is 1. The van der Waals surface area contributed by atoms with Crippen molar-refractivity contribution in [1.82, 2.24) is 4.57 Å². The average molecular weight is 435 g/mol. The molecule has 0 bridgehead atoms. The smallest absolute Gasteiger partial charge is 0.340 e. The zero-order valence-corrected chi connectivity index (χ0v) is 18.2. The normalized spacial score (nSPS) is 14.0. The number of carbonyl (C=O) groups is 2. The summed E-state index contributed by atoms with van der Waals surface area (Å²) in [5.74, 6) is -0.906. The highest BCUT2D eigenvalue weighted by Crippen LogP contribution is 2.38. The number of hydrogen-bond acceptors (Lipinski definition) is 4. The Morgan fingerprint density at radius 3 is 2.52 bits per heavy atom. The maximum absolute atomic E-state index is 12.8. The first-order valence-corrected chi connectivity index (χ1v) is 10.6. The van der Waals surface area contributed by atoms with Crippen molar-refractivity contribution in [3.63, 3.8) is 0 Å². The van der Waals surface area contributed by atoms with Crippen LogP contribution in [-0.4, -0.2) is 28.5 Å². The van der Waals surface area contributed by atoms with Gasteiger partial charge >= 0.3 is 5.97 Å². The molecule has 5 heteroatoms. The van der Waals surface area contributed by atoms with Crippen molar-refractivity contribution < 1.29 is 19.4 Å². The van der Waals surface area contributed by atoms with Crippen LogP contribution in [0.2, 0.25) is 0 Å². The van der Waals surface area contributed by atoms with Gasteiger partial charge in [-0.1, -0.05) is 66.7 Å². The summed E-state index contributed by atoms with van der Waals surface area (Å²) in [5.41, 5.74) is 3.77. The van der Waals surface area contributed by atoms with Gasteiger partial charge in [0.05, 0.1) is 23.9 Å². The maximum atomic E-state index is 12.8. The van der Waals surface area contributed by atoms with Crippen molar-refractivity contribution >= 4 is 40.3 Å². The van der Waals surface area contributed by atoms with E-state index in [1.807, 2.05) is 66.7 Å². The number of methoxy groups -OCH3 is 1. The second-order valence-electron chi connectivity index (χ2n) is 7.87. The molecule has 0 saturated carbocycles. The number of aromatic nitrogens is 1. The van der Waals surface area contributed by atoms with Gasteiger partial charge in [-0.15, -0.1) is 0 Å². The SMILES string of the molecule is COC(=O)c1c(/C=C2\C(=O)C=Cc3ccccc32)c(O)n(-c2cccc3ccccc23)c1C. The fourth-order valence-corrected chi connectivity index (χ4v) is 4.46. The molecule has 0 amide bonds. The highest BCUT2D eigenvalue weighted by molar-refractivity contribution is 6.33. The third-order valence-electron chi connectivity index (χ3n) is 6.04. The summed E-state index contributed by atoms with van der Waals surface area (Å²) in [6.45, 7) is 1.76. The van der Waals surface area contributed by atoms with Gasteiger partial charge < -0.3 is 9.84 Å². The van der Waals surface area contributed by atoms with Crippen LogP contribution in [0.25, 0.3) is 34.2 Å². The monoisotopic (exact) mass is 435 g/mol. The van der Waals surface area contributed by atoms with E-state index in [-0.39, 0.29) is 22.8 Å². The molecule has 4 aromatic rings. The van der Waals surface area contributed by atoms with E-state index in [9.17, 15) is 14.7 Å². The Hall–Kier alpha value is -4.38. The number of benzene rings is 3. The van der Waals surface area contributed by atoms with Gasteiger partial charge in [0.1, 0.15) is 0 Å². The summed E-state index contributed by atoms with van der Waals surface area (Å²) in [7, 11) is 1.30. The number of ether oxygens (including phenoxy) is 1. The van der Waals surface area contributed by atoms with Gasteiger partial charge in [-0.2, -0.15) is 0 Å². The second-order valence-corrected chi connectivity index (χ2v) is 7.87. The van der Waals surface area contributed by atoms with Crippen LogP contribution in [0, 0.1) is 6.92 Å². The van der Waals surface area contributed by atoms with Gasteiger partial charge in [0, 0.05) is 16.7 Å². The van der Waals surface area contributed by atoms with E-state index in [4.69, 9.17) is 4.74 Å². The zero-order chi connectivity index (χ0) is 23.1. The lowest BCUT2D eigenvalue weighted by atomic mass is 9.90. The van der Waals surface area contributed by atoms with Gasteiger partial charge in [0.15, 0.2) is 5.78 Å². The number of rotatable bonds is 3. The molecule has 1 aliphatic rings. The molecule has 0 fully saturated rings. The Balaban J connectivity index is 1.81. The molecule has 1 heterocycles. The quantitative estimate of drug-likeness (QED) is 0.338. The van der Waals surface area contributed by atoms with Crippen molar-refractivity contribution in [3.8, 4) is 11.6 Å². The van der Waals surface area contributed by atoms with Gasteiger partial charge in [0.2, 0.25) is 5.88 Å². The molecule has 0 spiro atoms. The number of carbonyl (C=O) groups excluding carboxylic acids is 2. The zero-order valence-electron chi connectivity index (χ0n) is 18.2. The Morgan fingerprint density at radius 2 is 1.70 bits per heavy atom. The van der Waals surface area contributed by atoms with Crippen LogP contribution >= 0.6 is 0 Å². The highest BCUT2D eigenvalue weighted by atomic mass is 16.5. The molecule has 0 saturated heterocycles. The summed E-state index contributed by atoms with van der Waals surface area (Å²) in [6, 6.07) is 21.1. The number of esters is 1. The summed E-state index contributed by atoms with van der Waals surface area (Å²) < 4.78 is 6.68.